The summed E-state index contributed by atoms with van der Waals surface area (Å²) in [6.45, 7) is 0.189. The summed E-state index contributed by atoms with van der Waals surface area (Å²) < 4.78 is 13.4. The molecule has 3 rings (SSSR count). The number of phenolic OH excluding ortho intramolecular Hbond substituents is 1. The second-order valence-corrected chi connectivity index (χ2v) is 5.41. The van der Waals surface area contributed by atoms with E-state index >= 15 is 0 Å². The summed E-state index contributed by atoms with van der Waals surface area (Å²) >= 11 is 5.87. The first kappa shape index (κ1) is 15.5. The Kier molecular flexibility index (Phi) is 4.32. The Bertz CT molecular complexity index is 857. The Hall–Kier alpha value is -2.37. The molecule has 6 heteroatoms. The van der Waals surface area contributed by atoms with Crippen molar-refractivity contribution in [3.05, 3.63) is 59.5 Å². The molecule has 0 saturated carbocycles. The van der Waals surface area contributed by atoms with Gasteiger partial charge in [0.15, 0.2) is 0 Å². The van der Waals surface area contributed by atoms with E-state index < -0.39 is 5.82 Å². The highest BCUT2D eigenvalue weighted by Gasteiger charge is 2.14. The van der Waals surface area contributed by atoms with E-state index in [9.17, 15) is 14.6 Å². The lowest BCUT2D eigenvalue weighted by Crippen LogP contribution is -2.21. The van der Waals surface area contributed by atoms with Crippen LogP contribution in [-0.2, 0) is 0 Å². The lowest BCUT2D eigenvalue weighted by Gasteiger charge is -2.25. The van der Waals surface area contributed by atoms with Crippen LogP contribution in [0.4, 0.5) is 15.8 Å². The average molecular weight is 333 g/mol. The molecule has 1 heterocycles. The van der Waals surface area contributed by atoms with Crippen molar-refractivity contribution in [2.24, 2.45) is 0 Å². The Labute approximate surface area is 137 Å². The number of aromatic hydroxyl groups is 1. The van der Waals surface area contributed by atoms with E-state index in [1.54, 1.807) is 41.4 Å². The van der Waals surface area contributed by atoms with E-state index in [1.807, 2.05) is 0 Å². The van der Waals surface area contributed by atoms with Gasteiger partial charge in [-0.3, -0.25) is 4.98 Å². The van der Waals surface area contributed by atoms with E-state index in [1.165, 1.54) is 12.1 Å². The lowest BCUT2D eigenvalue weighted by molar-refractivity contribution is 0.306. The number of fused-ring (bicyclic) bond motifs is 1. The molecule has 1 aromatic heterocycles. The Morgan fingerprint density at radius 2 is 1.96 bits per heavy atom. The maximum absolute atomic E-state index is 13.4. The molecular weight excluding hydrogens is 319 g/mol. The number of anilines is 2. The first-order chi connectivity index (χ1) is 11.1. The lowest BCUT2D eigenvalue weighted by atomic mass is 10.1. The van der Waals surface area contributed by atoms with Gasteiger partial charge < -0.3 is 15.1 Å². The summed E-state index contributed by atoms with van der Waals surface area (Å²) in [6.07, 6.45) is 1.64. The smallest absolute Gasteiger partial charge is 0.141 e. The molecule has 0 bridgehead atoms. The van der Waals surface area contributed by atoms with Crippen LogP contribution in [0.1, 0.15) is 0 Å². The molecule has 2 N–H and O–H groups in total. The molecule has 0 saturated heterocycles. The minimum absolute atomic E-state index is 0.00616. The Balaban J connectivity index is 2.18. The summed E-state index contributed by atoms with van der Waals surface area (Å²) in [6, 6.07) is 11.0. The molecule has 0 atom stereocenters. The standard InChI is InChI=1S/C17H14ClFN2O2/c18-14-9-11(1-3-15(14)19)21(7-8-22)17-5-6-20-16-4-2-12(23)10-13(16)17/h1-6,9-10,22-23H,7-8H2. The summed E-state index contributed by atoms with van der Waals surface area (Å²) in [5.74, 6) is -0.385. The Morgan fingerprint density at radius 1 is 1.13 bits per heavy atom. The molecule has 0 fully saturated rings. The van der Waals surface area contributed by atoms with Gasteiger partial charge in [-0.25, -0.2) is 4.39 Å². The Morgan fingerprint density at radius 3 is 2.70 bits per heavy atom. The number of aromatic nitrogens is 1. The molecule has 0 aliphatic heterocycles. The highest BCUT2D eigenvalue weighted by atomic mass is 35.5. The van der Waals surface area contributed by atoms with Crippen LogP contribution < -0.4 is 4.90 Å². The third-order valence-corrected chi connectivity index (χ3v) is 3.82. The average Bonchev–Trinajstić information content (AvgIpc) is 2.55. The van der Waals surface area contributed by atoms with Crippen molar-refractivity contribution in [2.75, 3.05) is 18.1 Å². The van der Waals surface area contributed by atoms with Crippen molar-refractivity contribution in [1.82, 2.24) is 4.98 Å². The summed E-state index contributed by atoms with van der Waals surface area (Å²) in [5, 5.41) is 19.9. The SMILES string of the molecule is OCCN(c1ccc(F)c(Cl)c1)c1ccnc2ccc(O)cc12. The van der Waals surface area contributed by atoms with Gasteiger partial charge in [-0.1, -0.05) is 11.6 Å². The number of benzene rings is 2. The molecule has 0 spiro atoms. The van der Waals surface area contributed by atoms with Crippen molar-refractivity contribution in [3.63, 3.8) is 0 Å². The van der Waals surface area contributed by atoms with Crippen LogP contribution in [0.25, 0.3) is 10.9 Å². The zero-order valence-electron chi connectivity index (χ0n) is 12.1. The molecule has 23 heavy (non-hydrogen) atoms. The molecule has 0 aliphatic carbocycles. The van der Waals surface area contributed by atoms with Crippen molar-refractivity contribution < 1.29 is 14.6 Å². The first-order valence-corrected chi connectivity index (χ1v) is 7.39. The molecular formula is C17H14ClFN2O2. The monoisotopic (exact) mass is 332 g/mol. The molecule has 0 aliphatic rings. The fraction of sp³-hybridized carbons (Fsp3) is 0.118. The number of rotatable bonds is 4. The topological polar surface area (TPSA) is 56.6 Å². The minimum Gasteiger partial charge on any atom is -0.508 e. The highest BCUT2D eigenvalue weighted by molar-refractivity contribution is 6.31. The number of aliphatic hydroxyl groups excluding tert-OH is 1. The summed E-state index contributed by atoms with van der Waals surface area (Å²) in [4.78, 5) is 6.06. The highest BCUT2D eigenvalue weighted by Crippen LogP contribution is 2.34. The van der Waals surface area contributed by atoms with Crippen LogP contribution in [0, 0.1) is 5.82 Å². The third-order valence-electron chi connectivity index (χ3n) is 3.53. The zero-order chi connectivity index (χ0) is 16.4. The first-order valence-electron chi connectivity index (χ1n) is 7.01. The number of phenols is 1. The largest absolute Gasteiger partial charge is 0.508 e. The van der Waals surface area contributed by atoms with Crippen LogP contribution in [0.5, 0.6) is 5.75 Å². The summed E-state index contributed by atoms with van der Waals surface area (Å²) in [5.41, 5.74) is 2.08. The van der Waals surface area contributed by atoms with Gasteiger partial charge in [0.1, 0.15) is 11.6 Å². The normalized spacial score (nSPS) is 10.9. The van der Waals surface area contributed by atoms with Crippen LogP contribution in [0.15, 0.2) is 48.7 Å². The van der Waals surface area contributed by atoms with Crippen molar-refractivity contribution >= 4 is 33.9 Å². The second-order valence-electron chi connectivity index (χ2n) is 5.01. The van der Waals surface area contributed by atoms with Gasteiger partial charge >= 0.3 is 0 Å². The molecule has 118 valence electrons. The van der Waals surface area contributed by atoms with Gasteiger partial charge in [0.25, 0.3) is 0 Å². The number of halogens is 2. The molecule has 0 amide bonds. The van der Waals surface area contributed by atoms with E-state index in [-0.39, 0.29) is 23.9 Å². The minimum atomic E-state index is -0.503. The van der Waals surface area contributed by atoms with Gasteiger partial charge in [0.05, 0.1) is 22.8 Å². The maximum atomic E-state index is 13.4. The van der Waals surface area contributed by atoms with Gasteiger partial charge in [0.2, 0.25) is 0 Å². The van der Waals surface area contributed by atoms with Crippen LogP contribution in [0.2, 0.25) is 5.02 Å². The second kappa shape index (κ2) is 6.40. The number of hydrogen-bond donors (Lipinski definition) is 2. The van der Waals surface area contributed by atoms with Crippen molar-refractivity contribution in [3.8, 4) is 5.75 Å². The van der Waals surface area contributed by atoms with Gasteiger partial charge in [-0.2, -0.15) is 0 Å². The van der Waals surface area contributed by atoms with Gasteiger partial charge in [-0.05, 0) is 42.5 Å². The number of pyridine rings is 1. The van der Waals surface area contributed by atoms with Crippen molar-refractivity contribution in [1.29, 1.82) is 0 Å². The van der Waals surface area contributed by atoms with Crippen LogP contribution >= 0.6 is 11.6 Å². The predicted molar refractivity (Wildman–Crippen MR) is 88.9 cm³/mol. The van der Waals surface area contributed by atoms with E-state index in [2.05, 4.69) is 4.98 Å². The third kappa shape index (κ3) is 3.06. The zero-order valence-corrected chi connectivity index (χ0v) is 12.8. The quantitative estimate of drug-likeness (QED) is 0.761. The van der Waals surface area contributed by atoms with Crippen LogP contribution in [0.3, 0.4) is 0 Å². The number of aliphatic hydroxyl groups is 1. The van der Waals surface area contributed by atoms with E-state index in [4.69, 9.17) is 11.6 Å². The van der Waals surface area contributed by atoms with E-state index in [0.717, 1.165) is 11.1 Å². The fourth-order valence-corrected chi connectivity index (χ4v) is 2.67. The summed E-state index contributed by atoms with van der Waals surface area (Å²) in [7, 11) is 0. The molecule has 4 nitrogen and oxygen atoms in total. The fourth-order valence-electron chi connectivity index (χ4n) is 2.50. The van der Waals surface area contributed by atoms with Crippen LogP contribution in [-0.4, -0.2) is 28.3 Å². The van der Waals surface area contributed by atoms with Crippen molar-refractivity contribution in [2.45, 2.75) is 0 Å². The molecule has 0 radical (unpaired) electrons. The van der Waals surface area contributed by atoms with Gasteiger partial charge in [0, 0.05) is 23.8 Å². The molecule has 2 aromatic carbocycles. The predicted octanol–water partition coefficient (Wildman–Crippen LogP) is 3.86. The number of nitrogens with zero attached hydrogens (tertiary/aromatic N) is 2. The number of hydrogen-bond acceptors (Lipinski definition) is 4. The molecule has 3 aromatic rings. The maximum Gasteiger partial charge on any atom is 0.141 e. The van der Waals surface area contributed by atoms with E-state index in [0.29, 0.717) is 11.2 Å². The molecule has 0 unspecified atom stereocenters. The van der Waals surface area contributed by atoms with Gasteiger partial charge in [-0.15, -0.1) is 0 Å².